The lowest BCUT2D eigenvalue weighted by Crippen LogP contribution is -2.39. The highest BCUT2D eigenvalue weighted by Gasteiger charge is 2.09. The number of aliphatic imine (C=N–C) groups is 1. The van der Waals surface area contributed by atoms with E-state index >= 15 is 0 Å². The van der Waals surface area contributed by atoms with Gasteiger partial charge in [-0.15, -0.1) is 0 Å². The number of nitrogens with one attached hydrogen (secondary N) is 2. The summed E-state index contributed by atoms with van der Waals surface area (Å²) in [6, 6.07) is 8.32. The molecule has 7 heteroatoms. The van der Waals surface area contributed by atoms with Crippen LogP contribution in [0.15, 0.2) is 33.8 Å². The monoisotopic (exact) mass is 373 g/mol. The van der Waals surface area contributed by atoms with Gasteiger partial charge in [-0.25, -0.2) is 0 Å². The summed E-state index contributed by atoms with van der Waals surface area (Å²) >= 11 is 0. The molecule has 1 aromatic heterocycles. The summed E-state index contributed by atoms with van der Waals surface area (Å²) in [4.78, 5) is 8.49. The summed E-state index contributed by atoms with van der Waals surface area (Å²) in [5.41, 5.74) is 1.18. The minimum Gasteiger partial charge on any atom is -0.493 e. The first-order valence-electron chi connectivity index (χ1n) is 9.47. The van der Waals surface area contributed by atoms with Gasteiger partial charge in [-0.3, -0.25) is 4.99 Å². The number of aromatic nitrogens is 2. The summed E-state index contributed by atoms with van der Waals surface area (Å²) < 4.78 is 10.8. The number of benzene rings is 1. The molecule has 0 aliphatic rings. The summed E-state index contributed by atoms with van der Waals surface area (Å²) in [5, 5.41) is 10.5. The molecule has 0 saturated carbocycles. The highest BCUT2D eigenvalue weighted by molar-refractivity contribution is 5.80. The second-order valence-electron chi connectivity index (χ2n) is 6.98. The van der Waals surface area contributed by atoms with Crippen LogP contribution in [0.5, 0.6) is 5.75 Å². The number of nitrogens with zero attached hydrogens (tertiary/aromatic N) is 3. The van der Waals surface area contributed by atoms with Crippen molar-refractivity contribution in [3.63, 3.8) is 0 Å². The van der Waals surface area contributed by atoms with Crippen LogP contribution in [0.25, 0.3) is 0 Å². The SMILES string of the molecule is CN=C(NCCCc1nc(C)no1)NC(C)c1ccc(OCC(C)C)cc1. The zero-order chi connectivity index (χ0) is 19.6. The third-order valence-electron chi connectivity index (χ3n) is 3.97. The standard InChI is InChI=1S/C20H31N5O2/c1-14(2)13-26-18-10-8-17(9-11-18)15(3)23-20(21-5)22-12-6-7-19-24-16(4)25-27-19/h8-11,14-15H,6-7,12-13H2,1-5H3,(H2,21,22,23). The van der Waals surface area contributed by atoms with Crippen LogP contribution in [0, 0.1) is 12.8 Å². The fourth-order valence-corrected chi connectivity index (χ4v) is 2.49. The summed E-state index contributed by atoms with van der Waals surface area (Å²) in [6.45, 7) is 9.71. The second kappa shape index (κ2) is 10.5. The molecule has 148 valence electrons. The molecule has 0 radical (unpaired) electrons. The Hall–Kier alpha value is -2.57. The van der Waals surface area contributed by atoms with Crippen LogP contribution < -0.4 is 15.4 Å². The predicted octanol–water partition coefficient (Wildman–Crippen LogP) is 3.27. The number of hydrogen-bond donors (Lipinski definition) is 2. The quantitative estimate of drug-likeness (QED) is 0.399. The van der Waals surface area contributed by atoms with Crippen LogP contribution in [0.2, 0.25) is 0 Å². The van der Waals surface area contributed by atoms with Gasteiger partial charge in [0.1, 0.15) is 5.75 Å². The van der Waals surface area contributed by atoms with Crippen LogP contribution in [0.1, 0.15) is 50.5 Å². The predicted molar refractivity (Wildman–Crippen MR) is 107 cm³/mol. The van der Waals surface area contributed by atoms with Gasteiger partial charge in [-0.05, 0) is 43.9 Å². The van der Waals surface area contributed by atoms with Gasteiger partial charge in [0.05, 0.1) is 12.6 Å². The van der Waals surface area contributed by atoms with E-state index in [4.69, 9.17) is 9.26 Å². The van der Waals surface area contributed by atoms with Gasteiger partial charge in [0.25, 0.3) is 0 Å². The van der Waals surface area contributed by atoms with Crippen LogP contribution in [-0.2, 0) is 6.42 Å². The molecule has 0 bridgehead atoms. The Labute approximate surface area is 161 Å². The Morgan fingerprint density at radius 1 is 1.22 bits per heavy atom. The lowest BCUT2D eigenvalue weighted by molar-refractivity contribution is 0.271. The molecule has 1 unspecified atom stereocenters. The smallest absolute Gasteiger partial charge is 0.226 e. The molecule has 0 amide bonds. The van der Waals surface area contributed by atoms with Crippen molar-refractivity contribution in [2.75, 3.05) is 20.2 Å². The molecule has 2 rings (SSSR count). The fraction of sp³-hybridized carbons (Fsp3) is 0.550. The molecule has 0 aliphatic carbocycles. The number of rotatable bonds is 9. The molecule has 2 aromatic rings. The minimum absolute atomic E-state index is 0.133. The summed E-state index contributed by atoms with van der Waals surface area (Å²) in [6.07, 6.45) is 1.64. The average Bonchev–Trinajstić information content (AvgIpc) is 3.07. The first-order chi connectivity index (χ1) is 13.0. The van der Waals surface area contributed by atoms with Crippen molar-refractivity contribution in [2.45, 2.75) is 46.6 Å². The van der Waals surface area contributed by atoms with Crippen molar-refractivity contribution in [2.24, 2.45) is 10.9 Å². The summed E-state index contributed by atoms with van der Waals surface area (Å²) in [5.74, 6) is 3.53. The van der Waals surface area contributed by atoms with Crippen LogP contribution in [0.3, 0.4) is 0 Å². The van der Waals surface area contributed by atoms with E-state index in [0.29, 0.717) is 17.6 Å². The lowest BCUT2D eigenvalue weighted by Gasteiger charge is -2.18. The van der Waals surface area contributed by atoms with Gasteiger partial charge in [0.2, 0.25) is 5.89 Å². The highest BCUT2D eigenvalue weighted by atomic mass is 16.5. The molecular formula is C20H31N5O2. The maximum absolute atomic E-state index is 5.73. The van der Waals surface area contributed by atoms with Crippen molar-refractivity contribution in [3.05, 3.63) is 41.5 Å². The zero-order valence-electron chi connectivity index (χ0n) is 17.0. The van der Waals surface area contributed by atoms with Crippen LogP contribution in [0.4, 0.5) is 0 Å². The van der Waals surface area contributed by atoms with E-state index in [0.717, 1.165) is 37.7 Å². The van der Waals surface area contributed by atoms with E-state index in [1.807, 2.05) is 19.1 Å². The van der Waals surface area contributed by atoms with Gasteiger partial charge >= 0.3 is 0 Å². The molecule has 0 spiro atoms. The number of guanidine groups is 1. The van der Waals surface area contributed by atoms with Crippen molar-refractivity contribution in [3.8, 4) is 5.75 Å². The van der Waals surface area contributed by atoms with E-state index in [-0.39, 0.29) is 6.04 Å². The minimum atomic E-state index is 0.133. The van der Waals surface area contributed by atoms with Crippen molar-refractivity contribution in [1.29, 1.82) is 0 Å². The molecule has 0 aliphatic heterocycles. The number of ether oxygens (including phenoxy) is 1. The number of hydrogen-bond acceptors (Lipinski definition) is 5. The highest BCUT2D eigenvalue weighted by Crippen LogP contribution is 2.18. The van der Waals surface area contributed by atoms with E-state index in [1.165, 1.54) is 5.56 Å². The van der Waals surface area contributed by atoms with E-state index in [1.54, 1.807) is 7.05 Å². The first-order valence-corrected chi connectivity index (χ1v) is 9.47. The molecule has 1 aromatic carbocycles. The molecule has 7 nitrogen and oxygen atoms in total. The van der Waals surface area contributed by atoms with Gasteiger partial charge in [-0.2, -0.15) is 4.98 Å². The molecule has 0 fully saturated rings. The Morgan fingerprint density at radius 3 is 2.56 bits per heavy atom. The van der Waals surface area contributed by atoms with Crippen molar-refractivity contribution in [1.82, 2.24) is 20.8 Å². The van der Waals surface area contributed by atoms with Gasteiger partial charge < -0.3 is 19.9 Å². The van der Waals surface area contributed by atoms with E-state index < -0.39 is 0 Å². The normalized spacial score (nSPS) is 12.9. The van der Waals surface area contributed by atoms with E-state index in [9.17, 15) is 0 Å². The largest absolute Gasteiger partial charge is 0.493 e. The van der Waals surface area contributed by atoms with E-state index in [2.05, 4.69) is 58.7 Å². The number of aryl methyl sites for hydroxylation is 2. The maximum Gasteiger partial charge on any atom is 0.226 e. The lowest BCUT2D eigenvalue weighted by atomic mass is 10.1. The Bertz CT molecular complexity index is 709. The average molecular weight is 374 g/mol. The van der Waals surface area contributed by atoms with Crippen molar-refractivity contribution < 1.29 is 9.26 Å². The molecule has 0 saturated heterocycles. The Kier molecular flexibility index (Phi) is 8.10. The Morgan fingerprint density at radius 2 is 1.96 bits per heavy atom. The molecule has 1 atom stereocenters. The topological polar surface area (TPSA) is 84.6 Å². The van der Waals surface area contributed by atoms with Gasteiger partial charge in [0, 0.05) is 20.0 Å². The van der Waals surface area contributed by atoms with Crippen LogP contribution >= 0.6 is 0 Å². The van der Waals surface area contributed by atoms with Crippen molar-refractivity contribution >= 4 is 5.96 Å². The maximum atomic E-state index is 5.73. The third kappa shape index (κ3) is 7.29. The molecule has 1 heterocycles. The fourth-order valence-electron chi connectivity index (χ4n) is 2.49. The summed E-state index contributed by atoms with van der Waals surface area (Å²) in [7, 11) is 1.77. The molecule has 2 N–H and O–H groups in total. The van der Waals surface area contributed by atoms with Crippen LogP contribution in [-0.4, -0.2) is 36.3 Å². The molecular weight excluding hydrogens is 342 g/mol. The second-order valence-corrected chi connectivity index (χ2v) is 6.98. The third-order valence-corrected chi connectivity index (χ3v) is 3.97. The zero-order valence-corrected chi connectivity index (χ0v) is 17.0. The Balaban J connectivity index is 1.75. The first kappa shape index (κ1) is 20.7. The van der Waals surface area contributed by atoms with Gasteiger partial charge in [0.15, 0.2) is 11.8 Å². The molecule has 27 heavy (non-hydrogen) atoms. The van der Waals surface area contributed by atoms with Gasteiger partial charge in [-0.1, -0.05) is 31.1 Å².